The predicted octanol–water partition coefficient (Wildman–Crippen LogP) is 1.91. The second kappa shape index (κ2) is 3.92. The third kappa shape index (κ3) is 1.29. The Labute approximate surface area is 96.2 Å². The SMILES string of the molecule is C=CCN1C(=O)N=C(N)C12CCCC2CC. The number of nitrogens with zero attached hydrogens (tertiary/aromatic N) is 2. The predicted molar refractivity (Wildman–Crippen MR) is 64.3 cm³/mol. The monoisotopic (exact) mass is 221 g/mol. The Bertz CT molecular complexity index is 350. The van der Waals surface area contributed by atoms with Gasteiger partial charge in [-0.15, -0.1) is 6.58 Å². The molecule has 1 fully saturated rings. The summed E-state index contributed by atoms with van der Waals surface area (Å²) < 4.78 is 0. The van der Waals surface area contributed by atoms with Crippen molar-refractivity contribution < 1.29 is 4.79 Å². The van der Waals surface area contributed by atoms with Gasteiger partial charge in [-0.05, 0) is 18.8 Å². The molecule has 1 spiro atoms. The summed E-state index contributed by atoms with van der Waals surface area (Å²) in [7, 11) is 0. The van der Waals surface area contributed by atoms with Gasteiger partial charge in [-0.2, -0.15) is 4.99 Å². The van der Waals surface area contributed by atoms with Crippen molar-refractivity contribution in [2.45, 2.75) is 38.1 Å². The van der Waals surface area contributed by atoms with Crippen LogP contribution in [0.4, 0.5) is 4.79 Å². The molecular weight excluding hydrogens is 202 g/mol. The van der Waals surface area contributed by atoms with E-state index >= 15 is 0 Å². The molecule has 2 aliphatic rings. The van der Waals surface area contributed by atoms with E-state index in [4.69, 9.17) is 5.73 Å². The topological polar surface area (TPSA) is 58.7 Å². The molecule has 2 rings (SSSR count). The highest BCUT2D eigenvalue weighted by molar-refractivity contribution is 6.06. The van der Waals surface area contributed by atoms with Crippen molar-refractivity contribution in [3.63, 3.8) is 0 Å². The van der Waals surface area contributed by atoms with Crippen molar-refractivity contribution in [2.75, 3.05) is 6.54 Å². The zero-order valence-electron chi connectivity index (χ0n) is 9.78. The lowest BCUT2D eigenvalue weighted by atomic mass is 9.83. The van der Waals surface area contributed by atoms with Gasteiger partial charge in [-0.1, -0.05) is 25.8 Å². The maximum absolute atomic E-state index is 11.8. The molecule has 1 heterocycles. The average molecular weight is 221 g/mol. The summed E-state index contributed by atoms with van der Waals surface area (Å²) in [4.78, 5) is 17.6. The van der Waals surface area contributed by atoms with Crippen LogP contribution < -0.4 is 5.73 Å². The van der Waals surface area contributed by atoms with Crippen LogP contribution in [0.15, 0.2) is 17.6 Å². The van der Waals surface area contributed by atoms with E-state index < -0.39 is 0 Å². The standard InChI is InChI=1S/C12H19N3O/c1-3-8-15-11(16)14-10(13)12(15)7-5-6-9(12)4-2/h3,9H,1,4-8H2,2H3,(H2,13,14,16). The van der Waals surface area contributed by atoms with Crippen molar-refractivity contribution in [1.82, 2.24) is 4.90 Å². The summed E-state index contributed by atoms with van der Waals surface area (Å²) in [5.41, 5.74) is 5.70. The first-order chi connectivity index (χ1) is 7.66. The Kier molecular flexibility index (Phi) is 2.74. The molecule has 2 amide bonds. The number of hydrogen-bond acceptors (Lipinski definition) is 2. The number of carbonyl (C=O) groups excluding carboxylic acids is 1. The van der Waals surface area contributed by atoms with Crippen molar-refractivity contribution in [3.05, 3.63) is 12.7 Å². The Morgan fingerprint density at radius 3 is 3.12 bits per heavy atom. The molecule has 16 heavy (non-hydrogen) atoms. The third-order valence-corrected chi connectivity index (χ3v) is 3.96. The van der Waals surface area contributed by atoms with E-state index in [0.29, 0.717) is 18.3 Å². The second-order valence-electron chi connectivity index (χ2n) is 4.60. The average Bonchev–Trinajstić information content (AvgIpc) is 2.78. The van der Waals surface area contributed by atoms with Crippen molar-refractivity contribution in [1.29, 1.82) is 0 Å². The van der Waals surface area contributed by atoms with E-state index in [-0.39, 0.29) is 11.6 Å². The molecule has 0 aromatic heterocycles. The van der Waals surface area contributed by atoms with Crippen LogP contribution in [0.25, 0.3) is 0 Å². The summed E-state index contributed by atoms with van der Waals surface area (Å²) in [6.07, 6.45) is 5.99. The molecule has 1 aliphatic carbocycles. The number of urea groups is 1. The minimum atomic E-state index is -0.306. The summed E-state index contributed by atoms with van der Waals surface area (Å²) in [6, 6.07) is -0.197. The molecule has 88 valence electrons. The Balaban J connectivity index is 2.38. The number of amidine groups is 1. The van der Waals surface area contributed by atoms with Gasteiger partial charge in [-0.3, -0.25) is 0 Å². The molecule has 1 aliphatic heterocycles. The maximum atomic E-state index is 11.8. The molecule has 2 unspecified atom stereocenters. The van der Waals surface area contributed by atoms with Gasteiger partial charge in [0.15, 0.2) is 0 Å². The molecule has 0 aromatic carbocycles. The number of nitrogens with two attached hydrogens (primary N) is 1. The van der Waals surface area contributed by atoms with E-state index in [1.165, 1.54) is 0 Å². The number of aliphatic imine (C=N–C) groups is 1. The molecule has 0 radical (unpaired) electrons. The molecule has 4 heteroatoms. The summed E-state index contributed by atoms with van der Waals surface area (Å²) in [5.74, 6) is 0.964. The van der Waals surface area contributed by atoms with Crippen molar-refractivity contribution >= 4 is 11.9 Å². The first-order valence-electron chi connectivity index (χ1n) is 5.94. The van der Waals surface area contributed by atoms with Crippen molar-refractivity contribution in [3.8, 4) is 0 Å². The van der Waals surface area contributed by atoms with Crippen LogP contribution in [-0.4, -0.2) is 28.9 Å². The minimum Gasteiger partial charge on any atom is -0.385 e. The lowest BCUT2D eigenvalue weighted by Gasteiger charge is -2.38. The fourth-order valence-electron chi connectivity index (χ4n) is 3.23. The molecule has 2 atom stereocenters. The fraction of sp³-hybridized carbons (Fsp3) is 0.667. The van der Waals surface area contributed by atoms with Gasteiger partial charge in [0.1, 0.15) is 11.4 Å². The lowest BCUT2D eigenvalue weighted by Crippen LogP contribution is -2.56. The number of carbonyl (C=O) groups is 1. The molecule has 0 saturated heterocycles. The maximum Gasteiger partial charge on any atom is 0.346 e. The van der Waals surface area contributed by atoms with Crippen LogP contribution in [0.2, 0.25) is 0 Å². The molecule has 0 bridgehead atoms. The quantitative estimate of drug-likeness (QED) is 0.740. The van der Waals surface area contributed by atoms with Crippen molar-refractivity contribution in [2.24, 2.45) is 16.6 Å². The van der Waals surface area contributed by atoms with Crippen LogP contribution in [-0.2, 0) is 0 Å². The van der Waals surface area contributed by atoms with Gasteiger partial charge >= 0.3 is 6.03 Å². The highest BCUT2D eigenvalue weighted by Gasteiger charge is 2.54. The molecule has 2 N–H and O–H groups in total. The Morgan fingerprint density at radius 2 is 2.50 bits per heavy atom. The molecular formula is C12H19N3O. The Hall–Kier alpha value is -1.32. The van der Waals surface area contributed by atoms with E-state index in [0.717, 1.165) is 25.7 Å². The summed E-state index contributed by atoms with van der Waals surface area (Å²) in [6.45, 7) is 6.40. The Morgan fingerprint density at radius 1 is 1.75 bits per heavy atom. The minimum absolute atomic E-state index is 0.197. The zero-order valence-corrected chi connectivity index (χ0v) is 9.78. The third-order valence-electron chi connectivity index (χ3n) is 3.96. The van der Waals surface area contributed by atoms with Gasteiger partial charge in [0.05, 0.1) is 0 Å². The van der Waals surface area contributed by atoms with Gasteiger partial charge in [0, 0.05) is 6.54 Å². The summed E-state index contributed by atoms with van der Waals surface area (Å²) in [5, 5.41) is 0. The zero-order chi connectivity index (χ0) is 11.8. The van der Waals surface area contributed by atoms with Crippen LogP contribution >= 0.6 is 0 Å². The summed E-state index contributed by atoms with van der Waals surface area (Å²) >= 11 is 0. The number of rotatable bonds is 3. The first kappa shape index (κ1) is 11.2. The van der Waals surface area contributed by atoms with Gasteiger partial charge in [0.25, 0.3) is 0 Å². The van der Waals surface area contributed by atoms with Crippen LogP contribution in [0, 0.1) is 5.92 Å². The highest BCUT2D eigenvalue weighted by atomic mass is 16.2. The van der Waals surface area contributed by atoms with Crippen LogP contribution in [0.1, 0.15) is 32.6 Å². The van der Waals surface area contributed by atoms with E-state index in [1.54, 1.807) is 11.0 Å². The van der Waals surface area contributed by atoms with Gasteiger partial charge in [-0.25, -0.2) is 4.79 Å². The fourth-order valence-corrected chi connectivity index (χ4v) is 3.23. The largest absolute Gasteiger partial charge is 0.385 e. The second-order valence-corrected chi connectivity index (χ2v) is 4.60. The van der Waals surface area contributed by atoms with Gasteiger partial charge < -0.3 is 10.6 Å². The van der Waals surface area contributed by atoms with Crippen LogP contribution in [0.3, 0.4) is 0 Å². The van der Waals surface area contributed by atoms with E-state index in [9.17, 15) is 4.79 Å². The first-order valence-corrected chi connectivity index (χ1v) is 5.94. The lowest BCUT2D eigenvalue weighted by molar-refractivity contribution is 0.153. The molecule has 0 aromatic rings. The number of amides is 2. The molecule has 1 saturated carbocycles. The molecule has 4 nitrogen and oxygen atoms in total. The van der Waals surface area contributed by atoms with E-state index in [1.807, 2.05) is 0 Å². The van der Waals surface area contributed by atoms with Crippen LogP contribution in [0.5, 0.6) is 0 Å². The van der Waals surface area contributed by atoms with E-state index in [2.05, 4.69) is 18.5 Å². The smallest absolute Gasteiger partial charge is 0.346 e. The highest BCUT2D eigenvalue weighted by Crippen LogP contribution is 2.45. The normalized spacial score (nSPS) is 33.6. The number of hydrogen-bond donors (Lipinski definition) is 1. The van der Waals surface area contributed by atoms with Gasteiger partial charge in [0.2, 0.25) is 0 Å².